The van der Waals surface area contributed by atoms with Crippen LogP contribution in [-0.2, 0) is 16.4 Å². The van der Waals surface area contributed by atoms with Gasteiger partial charge in [0.15, 0.2) is 0 Å². The van der Waals surface area contributed by atoms with Gasteiger partial charge in [-0.2, -0.15) is 0 Å². The van der Waals surface area contributed by atoms with Gasteiger partial charge in [0, 0.05) is 6.42 Å². The molecule has 3 heteroatoms. The molecular formula is C23H23O2P. The summed E-state index contributed by atoms with van der Waals surface area (Å²) in [5.74, 6) is -0.745. The minimum atomic E-state index is -0.745. The Bertz CT molecular complexity index is 820. The Labute approximate surface area is 157 Å². The van der Waals surface area contributed by atoms with Crippen LogP contribution in [-0.4, -0.2) is 11.1 Å². The fourth-order valence-corrected chi connectivity index (χ4v) is 4.10. The first-order chi connectivity index (χ1) is 12.6. The molecule has 1 unspecified atom stereocenters. The van der Waals surface area contributed by atoms with Crippen LogP contribution in [0.4, 0.5) is 0 Å². The Morgan fingerprint density at radius 2 is 1.31 bits per heavy atom. The van der Waals surface area contributed by atoms with Crippen molar-refractivity contribution in [2.75, 3.05) is 0 Å². The predicted molar refractivity (Wildman–Crippen MR) is 109 cm³/mol. The second-order valence-corrected chi connectivity index (χ2v) is 7.31. The van der Waals surface area contributed by atoms with Crippen LogP contribution < -0.4 is 0 Å². The van der Waals surface area contributed by atoms with E-state index in [2.05, 4.69) is 76.0 Å². The molecule has 0 aliphatic carbocycles. The van der Waals surface area contributed by atoms with Crippen LogP contribution in [0.3, 0.4) is 0 Å². The van der Waals surface area contributed by atoms with E-state index in [9.17, 15) is 4.79 Å². The van der Waals surface area contributed by atoms with Crippen LogP contribution in [0.15, 0.2) is 84.9 Å². The molecule has 2 nitrogen and oxygen atoms in total. The molecule has 0 heterocycles. The average Bonchev–Trinajstić information content (AvgIpc) is 2.69. The predicted octanol–water partition coefficient (Wildman–Crippen LogP) is 5.26. The van der Waals surface area contributed by atoms with E-state index in [-0.39, 0.29) is 11.6 Å². The SMILES string of the molecule is O=C(O)CCCc1ccccc1C(P)(c1ccccc1)c1ccccc1. The van der Waals surface area contributed by atoms with Crippen molar-refractivity contribution in [3.05, 3.63) is 107 Å². The Kier molecular flexibility index (Phi) is 5.85. The van der Waals surface area contributed by atoms with Crippen molar-refractivity contribution in [3.63, 3.8) is 0 Å². The van der Waals surface area contributed by atoms with Gasteiger partial charge in [-0.1, -0.05) is 84.9 Å². The third-order valence-corrected chi connectivity index (χ3v) is 5.71. The van der Waals surface area contributed by atoms with E-state index < -0.39 is 5.97 Å². The first-order valence-electron chi connectivity index (χ1n) is 8.82. The fourth-order valence-electron chi connectivity index (χ4n) is 3.43. The summed E-state index contributed by atoms with van der Waals surface area (Å²) in [4.78, 5) is 10.9. The molecule has 0 saturated carbocycles. The molecular weight excluding hydrogens is 339 g/mol. The number of benzene rings is 3. The normalized spacial score (nSPS) is 11.3. The van der Waals surface area contributed by atoms with Crippen molar-refractivity contribution in [2.24, 2.45) is 0 Å². The van der Waals surface area contributed by atoms with Gasteiger partial charge in [0.25, 0.3) is 0 Å². The molecule has 0 aliphatic heterocycles. The molecule has 0 saturated heterocycles. The summed E-state index contributed by atoms with van der Waals surface area (Å²) < 4.78 is 0. The molecule has 3 rings (SSSR count). The number of carboxylic acids is 1. The molecule has 3 aromatic rings. The summed E-state index contributed by atoms with van der Waals surface area (Å²) >= 11 is 0. The monoisotopic (exact) mass is 362 g/mol. The quantitative estimate of drug-likeness (QED) is 0.460. The number of hydrogen-bond acceptors (Lipinski definition) is 1. The van der Waals surface area contributed by atoms with Gasteiger partial charge in [0.1, 0.15) is 0 Å². The van der Waals surface area contributed by atoms with Crippen LogP contribution in [0.1, 0.15) is 35.1 Å². The van der Waals surface area contributed by atoms with Crippen LogP contribution in [0.25, 0.3) is 0 Å². The second-order valence-electron chi connectivity index (χ2n) is 6.44. The van der Waals surface area contributed by atoms with E-state index in [0.717, 1.165) is 6.42 Å². The van der Waals surface area contributed by atoms with E-state index in [1.54, 1.807) is 0 Å². The lowest BCUT2D eigenvalue weighted by atomic mass is 9.81. The Hall–Kier alpha value is -2.44. The lowest BCUT2D eigenvalue weighted by molar-refractivity contribution is -0.137. The maximum absolute atomic E-state index is 10.9. The summed E-state index contributed by atoms with van der Waals surface area (Å²) in [5.41, 5.74) is 4.79. The fraction of sp³-hybridized carbons (Fsp3) is 0.174. The van der Waals surface area contributed by atoms with Crippen molar-refractivity contribution < 1.29 is 9.90 Å². The number of aliphatic carboxylic acids is 1. The van der Waals surface area contributed by atoms with Gasteiger partial charge in [-0.15, -0.1) is 9.24 Å². The van der Waals surface area contributed by atoms with Crippen molar-refractivity contribution in [3.8, 4) is 0 Å². The van der Waals surface area contributed by atoms with Gasteiger partial charge in [0.2, 0.25) is 0 Å². The number of carbonyl (C=O) groups is 1. The van der Waals surface area contributed by atoms with Crippen LogP contribution in [0, 0.1) is 0 Å². The highest BCUT2D eigenvalue weighted by molar-refractivity contribution is 7.19. The van der Waals surface area contributed by atoms with E-state index in [1.165, 1.54) is 22.3 Å². The van der Waals surface area contributed by atoms with E-state index in [1.807, 2.05) is 18.2 Å². The number of rotatable bonds is 7. The maximum atomic E-state index is 10.9. The van der Waals surface area contributed by atoms with Crippen molar-refractivity contribution in [2.45, 2.75) is 24.4 Å². The molecule has 132 valence electrons. The molecule has 0 bridgehead atoms. The number of aryl methyl sites for hydroxylation is 1. The van der Waals surface area contributed by atoms with Gasteiger partial charge < -0.3 is 5.11 Å². The molecule has 0 aliphatic rings. The second kappa shape index (κ2) is 8.29. The van der Waals surface area contributed by atoms with Crippen LogP contribution >= 0.6 is 9.24 Å². The third kappa shape index (κ3) is 3.86. The zero-order valence-electron chi connectivity index (χ0n) is 14.6. The van der Waals surface area contributed by atoms with Crippen LogP contribution in [0.2, 0.25) is 0 Å². The van der Waals surface area contributed by atoms with E-state index in [4.69, 9.17) is 5.11 Å². The highest BCUT2D eigenvalue weighted by Gasteiger charge is 2.32. The van der Waals surface area contributed by atoms with Crippen molar-refractivity contribution in [1.82, 2.24) is 0 Å². The average molecular weight is 362 g/mol. The molecule has 0 amide bonds. The van der Waals surface area contributed by atoms with Crippen molar-refractivity contribution in [1.29, 1.82) is 0 Å². The van der Waals surface area contributed by atoms with E-state index >= 15 is 0 Å². The standard InChI is InChI=1S/C23H23O2P/c24-22(25)17-9-11-18-10-7-8-16-21(18)23(26,19-12-3-1-4-13-19)20-14-5-2-6-15-20/h1-8,10,12-16H,9,11,17,26H2,(H,24,25). The molecule has 1 N–H and O–H groups in total. The molecule has 0 spiro atoms. The Morgan fingerprint density at radius 3 is 1.85 bits per heavy atom. The molecule has 1 atom stereocenters. The summed E-state index contributed by atoms with van der Waals surface area (Å²) in [6.07, 6.45) is 1.57. The summed E-state index contributed by atoms with van der Waals surface area (Å²) in [7, 11) is 3.06. The van der Waals surface area contributed by atoms with Gasteiger partial charge >= 0.3 is 5.97 Å². The molecule has 26 heavy (non-hydrogen) atoms. The lowest BCUT2D eigenvalue weighted by Crippen LogP contribution is -2.23. The lowest BCUT2D eigenvalue weighted by Gasteiger charge is -2.33. The zero-order valence-corrected chi connectivity index (χ0v) is 15.8. The first kappa shape index (κ1) is 18.4. The smallest absolute Gasteiger partial charge is 0.303 e. The third-order valence-electron chi connectivity index (χ3n) is 4.74. The Morgan fingerprint density at radius 1 is 0.808 bits per heavy atom. The molecule has 0 fully saturated rings. The van der Waals surface area contributed by atoms with Gasteiger partial charge in [-0.3, -0.25) is 4.79 Å². The maximum Gasteiger partial charge on any atom is 0.303 e. The summed E-state index contributed by atoms with van der Waals surface area (Å²) in [5, 5.41) is 8.60. The van der Waals surface area contributed by atoms with Crippen molar-refractivity contribution >= 4 is 15.2 Å². The minimum absolute atomic E-state index is 0.189. The molecule has 0 radical (unpaired) electrons. The van der Waals surface area contributed by atoms with E-state index in [0.29, 0.717) is 6.42 Å². The largest absolute Gasteiger partial charge is 0.481 e. The Balaban J connectivity index is 2.11. The molecule has 3 aromatic carbocycles. The highest BCUT2D eigenvalue weighted by Crippen LogP contribution is 2.46. The summed E-state index contributed by atoms with van der Waals surface area (Å²) in [6, 6.07) is 29.2. The highest BCUT2D eigenvalue weighted by atomic mass is 31.0. The van der Waals surface area contributed by atoms with Gasteiger partial charge in [-0.05, 0) is 35.1 Å². The zero-order chi connectivity index (χ0) is 18.4. The van der Waals surface area contributed by atoms with Gasteiger partial charge in [0.05, 0.1) is 5.16 Å². The topological polar surface area (TPSA) is 37.3 Å². The number of carboxylic acid groups (broad SMARTS) is 1. The number of hydrogen-bond donors (Lipinski definition) is 1. The first-order valence-corrected chi connectivity index (χ1v) is 9.40. The summed E-state index contributed by atoms with van der Waals surface area (Å²) in [6.45, 7) is 0. The molecule has 0 aromatic heterocycles. The van der Waals surface area contributed by atoms with Gasteiger partial charge in [-0.25, -0.2) is 0 Å². The minimum Gasteiger partial charge on any atom is -0.481 e. The van der Waals surface area contributed by atoms with Crippen LogP contribution in [0.5, 0.6) is 0 Å².